The highest BCUT2D eigenvalue weighted by atomic mass is 16.2. The number of benzene rings is 1. The van der Waals surface area contributed by atoms with Crippen LogP contribution < -0.4 is 5.43 Å². The van der Waals surface area contributed by atoms with Crippen molar-refractivity contribution in [2.24, 2.45) is 0 Å². The lowest BCUT2D eigenvalue weighted by Gasteiger charge is -2.22. The number of rotatable bonds is 5. The summed E-state index contributed by atoms with van der Waals surface area (Å²) in [5.41, 5.74) is 1.78. The third-order valence-electron chi connectivity index (χ3n) is 3.28. The molecule has 0 aliphatic rings. The van der Waals surface area contributed by atoms with Crippen LogP contribution in [-0.4, -0.2) is 22.3 Å². The fourth-order valence-electron chi connectivity index (χ4n) is 2.24. The van der Waals surface area contributed by atoms with Gasteiger partial charge < -0.3 is 9.88 Å². The predicted molar refractivity (Wildman–Crippen MR) is 83.3 cm³/mol. The van der Waals surface area contributed by atoms with Crippen LogP contribution in [0.5, 0.6) is 0 Å². The molecule has 1 aromatic carbocycles. The van der Waals surface area contributed by atoms with Gasteiger partial charge in [-0.15, -0.1) is 0 Å². The first-order chi connectivity index (χ1) is 10.1. The molecular formula is C17H20N2O2. The van der Waals surface area contributed by atoms with Crippen molar-refractivity contribution in [2.75, 3.05) is 6.54 Å². The number of carbonyl (C=O) groups is 1. The van der Waals surface area contributed by atoms with E-state index in [1.165, 1.54) is 12.3 Å². The average molecular weight is 284 g/mol. The Hall–Kier alpha value is -2.36. The van der Waals surface area contributed by atoms with Crippen LogP contribution in [0.25, 0.3) is 0 Å². The van der Waals surface area contributed by atoms with E-state index < -0.39 is 0 Å². The van der Waals surface area contributed by atoms with E-state index in [2.05, 4.69) is 4.98 Å². The monoisotopic (exact) mass is 284 g/mol. The van der Waals surface area contributed by atoms with E-state index in [0.29, 0.717) is 13.1 Å². The van der Waals surface area contributed by atoms with Crippen molar-refractivity contribution in [3.8, 4) is 0 Å². The molecule has 2 rings (SSSR count). The Labute approximate surface area is 124 Å². The summed E-state index contributed by atoms with van der Waals surface area (Å²) < 4.78 is 0. The summed E-state index contributed by atoms with van der Waals surface area (Å²) in [4.78, 5) is 29.2. The van der Waals surface area contributed by atoms with E-state index in [9.17, 15) is 9.59 Å². The number of carbonyl (C=O) groups excluding carboxylic acids is 1. The fourth-order valence-corrected chi connectivity index (χ4v) is 2.24. The van der Waals surface area contributed by atoms with Crippen molar-refractivity contribution in [3.63, 3.8) is 0 Å². The summed E-state index contributed by atoms with van der Waals surface area (Å²) in [6.45, 7) is 4.95. The van der Waals surface area contributed by atoms with Gasteiger partial charge in [-0.2, -0.15) is 0 Å². The van der Waals surface area contributed by atoms with E-state index in [4.69, 9.17) is 0 Å². The predicted octanol–water partition coefficient (Wildman–Crippen LogP) is 2.74. The second kappa shape index (κ2) is 6.88. The molecule has 4 nitrogen and oxygen atoms in total. The maximum absolute atomic E-state index is 12.6. The maximum atomic E-state index is 12.6. The van der Waals surface area contributed by atoms with Crippen molar-refractivity contribution < 1.29 is 4.79 Å². The first-order valence-corrected chi connectivity index (χ1v) is 7.14. The van der Waals surface area contributed by atoms with Crippen molar-refractivity contribution in [1.82, 2.24) is 9.88 Å². The molecule has 0 fully saturated rings. The summed E-state index contributed by atoms with van der Waals surface area (Å²) in [7, 11) is 0. The molecule has 1 N–H and O–H groups in total. The molecule has 21 heavy (non-hydrogen) atoms. The Balaban J connectivity index is 2.25. The van der Waals surface area contributed by atoms with Gasteiger partial charge >= 0.3 is 0 Å². The lowest BCUT2D eigenvalue weighted by molar-refractivity contribution is 0.0741. The van der Waals surface area contributed by atoms with Crippen molar-refractivity contribution in [2.45, 2.75) is 26.8 Å². The zero-order valence-electron chi connectivity index (χ0n) is 12.4. The normalized spacial score (nSPS) is 10.4. The quantitative estimate of drug-likeness (QED) is 0.918. The molecule has 0 saturated carbocycles. The minimum atomic E-state index is -0.231. The molecule has 110 valence electrons. The molecule has 0 spiro atoms. The van der Waals surface area contributed by atoms with Crippen molar-refractivity contribution in [1.29, 1.82) is 0 Å². The number of H-pyrrole nitrogens is 1. The smallest absolute Gasteiger partial charge is 0.259 e. The standard InChI is InChI=1S/C17H20N2O2/c1-3-9-19(12-14-7-5-4-6-8-14)17(21)15-11-18-13(2)10-16(15)20/h4-8,10-11H,3,9,12H2,1-2H3,(H,18,20). The molecule has 0 atom stereocenters. The van der Waals surface area contributed by atoms with Crippen LogP contribution in [0.2, 0.25) is 0 Å². The molecule has 1 aromatic heterocycles. The molecule has 0 unspecified atom stereocenters. The summed E-state index contributed by atoms with van der Waals surface area (Å²) in [5.74, 6) is -0.220. The van der Waals surface area contributed by atoms with Gasteiger partial charge in [-0.1, -0.05) is 37.3 Å². The van der Waals surface area contributed by atoms with Gasteiger partial charge in [0.25, 0.3) is 5.91 Å². The zero-order chi connectivity index (χ0) is 15.2. The van der Waals surface area contributed by atoms with E-state index in [0.717, 1.165) is 17.7 Å². The first-order valence-electron chi connectivity index (χ1n) is 7.14. The van der Waals surface area contributed by atoms with Gasteiger partial charge in [-0.3, -0.25) is 9.59 Å². The largest absolute Gasteiger partial charge is 0.364 e. The molecule has 0 aliphatic heterocycles. The SMILES string of the molecule is CCCN(Cc1ccccc1)C(=O)c1c[nH]c(C)cc1=O. The molecule has 2 aromatic rings. The lowest BCUT2D eigenvalue weighted by Crippen LogP contribution is -2.34. The van der Waals surface area contributed by atoms with Gasteiger partial charge in [-0.05, 0) is 18.9 Å². The summed E-state index contributed by atoms with van der Waals surface area (Å²) in [5, 5.41) is 0. The Morgan fingerprint density at radius 3 is 2.57 bits per heavy atom. The number of nitrogens with zero attached hydrogens (tertiary/aromatic N) is 1. The third kappa shape index (κ3) is 3.81. The fraction of sp³-hybridized carbons (Fsp3) is 0.294. The highest BCUT2D eigenvalue weighted by Crippen LogP contribution is 2.08. The number of hydrogen-bond acceptors (Lipinski definition) is 2. The van der Waals surface area contributed by atoms with E-state index in [1.54, 1.807) is 11.8 Å². The summed E-state index contributed by atoms with van der Waals surface area (Å²) in [6.07, 6.45) is 2.36. The Bertz CT molecular complexity index is 662. The van der Waals surface area contributed by atoms with Crippen LogP contribution in [0.1, 0.15) is 35.0 Å². The zero-order valence-corrected chi connectivity index (χ0v) is 12.4. The van der Waals surface area contributed by atoms with E-state index in [-0.39, 0.29) is 16.9 Å². The van der Waals surface area contributed by atoms with Gasteiger partial charge in [0.2, 0.25) is 0 Å². The number of aryl methyl sites for hydroxylation is 1. The molecule has 0 bridgehead atoms. The lowest BCUT2D eigenvalue weighted by atomic mass is 10.1. The van der Waals surface area contributed by atoms with Gasteiger partial charge in [0.15, 0.2) is 5.43 Å². The van der Waals surface area contributed by atoms with Crippen LogP contribution in [0, 0.1) is 6.92 Å². The maximum Gasteiger partial charge on any atom is 0.259 e. The van der Waals surface area contributed by atoms with Gasteiger partial charge in [-0.25, -0.2) is 0 Å². The number of aromatic amines is 1. The van der Waals surface area contributed by atoms with Crippen LogP contribution in [0.4, 0.5) is 0 Å². The number of pyridine rings is 1. The molecule has 4 heteroatoms. The highest BCUT2D eigenvalue weighted by Gasteiger charge is 2.18. The van der Waals surface area contributed by atoms with Crippen LogP contribution in [-0.2, 0) is 6.54 Å². The Morgan fingerprint density at radius 1 is 1.24 bits per heavy atom. The van der Waals surface area contributed by atoms with Crippen LogP contribution in [0.15, 0.2) is 47.4 Å². The van der Waals surface area contributed by atoms with Gasteiger partial charge in [0.1, 0.15) is 5.56 Å². The van der Waals surface area contributed by atoms with Crippen LogP contribution >= 0.6 is 0 Å². The molecule has 1 heterocycles. The highest BCUT2D eigenvalue weighted by molar-refractivity contribution is 5.93. The molecule has 0 aliphatic carbocycles. The molecular weight excluding hydrogens is 264 g/mol. The number of aromatic nitrogens is 1. The minimum absolute atomic E-state index is 0.199. The number of nitrogens with one attached hydrogen (secondary N) is 1. The topological polar surface area (TPSA) is 53.2 Å². The van der Waals surface area contributed by atoms with Crippen LogP contribution in [0.3, 0.4) is 0 Å². The molecule has 1 amide bonds. The summed E-state index contributed by atoms with van der Waals surface area (Å²) in [6, 6.07) is 11.3. The Morgan fingerprint density at radius 2 is 1.95 bits per heavy atom. The van der Waals surface area contributed by atoms with Gasteiger partial charge in [0, 0.05) is 31.0 Å². The van der Waals surface area contributed by atoms with Gasteiger partial charge in [0.05, 0.1) is 0 Å². The van der Waals surface area contributed by atoms with Crippen molar-refractivity contribution in [3.05, 3.63) is 69.6 Å². The average Bonchev–Trinajstić information content (AvgIpc) is 2.47. The first kappa shape index (κ1) is 15.0. The Kier molecular flexibility index (Phi) is 4.93. The van der Waals surface area contributed by atoms with Crippen molar-refractivity contribution >= 4 is 5.91 Å². The second-order valence-electron chi connectivity index (χ2n) is 5.11. The van der Waals surface area contributed by atoms with E-state index in [1.807, 2.05) is 37.3 Å². The molecule has 0 radical (unpaired) electrons. The van der Waals surface area contributed by atoms with E-state index >= 15 is 0 Å². The number of amides is 1. The minimum Gasteiger partial charge on any atom is -0.364 e. The number of hydrogen-bond donors (Lipinski definition) is 1. The third-order valence-corrected chi connectivity index (χ3v) is 3.28. The second-order valence-corrected chi connectivity index (χ2v) is 5.11. The summed E-state index contributed by atoms with van der Waals surface area (Å²) >= 11 is 0. The molecule has 0 saturated heterocycles.